The summed E-state index contributed by atoms with van der Waals surface area (Å²) in [5.41, 5.74) is 0.672. The maximum atomic E-state index is 12.0. The smallest absolute Gasteiger partial charge is 0.251 e. The number of hydrogen-bond acceptors (Lipinski definition) is 2. The molecule has 1 aromatic rings. The zero-order valence-corrected chi connectivity index (χ0v) is 15.2. The molecule has 0 aliphatic heterocycles. The number of benzene rings is 1. The molecule has 1 aromatic carbocycles. The largest absolute Gasteiger partial charge is 0.356 e. The average molecular weight is 381 g/mol. The summed E-state index contributed by atoms with van der Waals surface area (Å²) in [6.07, 6.45) is 5.91. The monoisotopic (exact) mass is 380 g/mol. The van der Waals surface area contributed by atoms with Crippen molar-refractivity contribution in [1.82, 2.24) is 16.0 Å². The zero-order valence-electron chi connectivity index (χ0n) is 13.6. The van der Waals surface area contributed by atoms with Gasteiger partial charge in [0, 0.05) is 36.2 Å². The van der Waals surface area contributed by atoms with Gasteiger partial charge in [-0.2, -0.15) is 0 Å². The third kappa shape index (κ3) is 6.22. The van der Waals surface area contributed by atoms with Crippen LogP contribution in [0.15, 0.2) is 33.7 Å². The number of guanidine groups is 1. The van der Waals surface area contributed by atoms with E-state index in [0.717, 1.165) is 23.4 Å². The summed E-state index contributed by atoms with van der Waals surface area (Å²) in [6, 6.07) is 7.95. The minimum Gasteiger partial charge on any atom is -0.356 e. The van der Waals surface area contributed by atoms with Crippen molar-refractivity contribution in [1.29, 1.82) is 0 Å². The van der Waals surface area contributed by atoms with E-state index in [0.29, 0.717) is 18.2 Å². The molecule has 0 aromatic heterocycles. The molecular weight excluding hydrogens is 356 g/mol. The van der Waals surface area contributed by atoms with Gasteiger partial charge in [0.05, 0.1) is 0 Å². The van der Waals surface area contributed by atoms with Crippen molar-refractivity contribution in [2.24, 2.45) is 4.99 Å². The SMILES string of the molecule is CN=C(NCCCNC(=O)c1cccc(Br)c1)NC1CCCC1. The van der Waals surface area contributed by atoms with Gasteiger partial charge in [0.15, 0.2) is 5.96 Å². The second-order valence-electron chi connectivity index (χ2n) is 5.74. The van der Waals surface area contributed by atoms with E-state index in [1.54, 1.807) is 7.05 Å². The Morgan fingerprint density at radius 1 is 1.26 bits per heavy atom. The van der Waals surface area contributed by atoms with Crippen LogP contribution in [0, 0.1) is 0 Å². The topological polar surface area (TPSA) is 65.5 Å². The molecule has 5 nitrogen and oxygen atoms in total. The van der Waals surface area contributed by atoms with Gasteiger partial charge in [-0.05, 0) is 37.5 Å². The van der Waals surface area contributed by atoms with Gasteiger partial charge in [-0.25, -0.2) is 0 Å². The maximum absolute atomic E-state index is 12.0. The van der Waals surface area contributed by atoms with Crippen LogP contribution in [0.4, 0.5) is 0 Å². The lowest BCUT2D eigenvalue weighted by molar-refractivity contribution is 0.0953. The van der Waals surface area contributed by atoms with Crippen molar-refractivity contribution in [2.45, 2.75) is 38.1 Å². The molecule has 0 atom stereocenters. The molecule has 1 aliphatic rings. The van der Waals surface area contributed by atoms with E-state index in [4.69, 9.17) is 0 Å². The third-order valence-corrected chi connectivity index (χ3v) is 4.43. The molecule has 0 radical (unpaired) electrons. The summed E-state index contributed by atoms with van der Waals surface area (Å²) in [5, 5.41) is 9.67. The third-order valence-electron chi connectivity index (χ3n) is 3.94. The number of aliphatic imine (C=N–C) groups is 1. The van der Waals surface area contributed by atoms with Crippen molar-refractivity contribution in [3.63, 3.8) is 0 Å². The van der Waals surface area contributed by atoms with Crippen LogP contribution in [-0.4, -0.2) is 38.0 Å². The van der Waals surface area contributed by atoms with Crippen LogP contribution in [-0.2, 0) is 0 Å². The summed E-state index contributed by atoms with van der Waals surface area (Å²) in [4.78, 5) is 16.2. The van der Waals surface area contributed by atoms with E-state index in [9.17, 15) is 4.79 Å². The lowest BCUT2D eigenvalue weighted by Gasteiger charge is -2.16. The maximum Gasteiger partial charge on any atom is 0.251 e. The highest BCUT2D eigenvalue weighted by Gasteiger charge is 2.15. The van der Waals surface area contributed by atoms with Crippen molar-refractivity contribution in [3.8, 4) is 0 Å². The first-order chi connectivity index (χ1) is 11.2. The van der Waals surface area contributed by atoms with E-state index in [2.05, 4.69) is 36.9 Å². The minimum absolute atomic E-state index is 0.0419. The van der Waals surface area contributed by atoms with Crippen LogP contribution in [0.25, 0.3) is 0 Å². The second-order valence-corrected chi connectivity index (χ2v) is 6.66. The molecule has 6 heteroatoms. The molecule has 2 rings (SSSR count). The van der Waals surface area contributed by atoms with Crippen LogP contribution in [0.2, 0.25) is 0 Å². The molecule has 1 saturated carbocycles. The van der Waals surface area contributed by atoms with Crippen molar-refractivity contribution in [3.05, 3.63) is 34.3 Å². The number of nitrogens with zero attached hydrogens (tertiary/aromatic N) is 1. The molecule has 0 heterocycles. The molecule has 3 N–H and O–H groups in total. The fourth-order valence-corrected chi connectivity index (χ4v) is 3.09. The van der Waals surface area contributed by atoms with E-state index in [1.807, 2.05) is 24.3 Å². The second kappa shape index (κ2) is 9.55. The highest BCUT2D eigenvalue weighted by Crippen LogP contribution is 2.17. The molecule has 1 fully saturated rings. The fraction of sp³-hybridized carbons (Fsp3) is 0.529. The summed E-state index contributed by atoms with van der Waals surface area (Å²) >= 11 is 3.37. The average Bonchev–Trinajstić information content (AvgIpc) is 3.06. The minimum atomic E-state index is -0.0419. The first kappa shape index (κ1) is 17.8. The van der Waals surface area contributed by atoms with Crippen molar-refractivity contribution in [2.75, 3.05) is 20.1 Å². The molecule has 1 aliphatic carbocycles. The van der Waals surface area contributed by atoms with Crippen molar-refractivity contribution < 1.29 is 4.79 Å². The van der Waals surface area contributed by atoms with Gasteiger partial charge in [-0.15, -0.1) is 0 Å². The van der Waals surface area contributed by atoms with Crippen LogP contribution in [0.1, 0.15) is 42.5 Å². The number of nitrogens with one attached hydrogen (secondary N) is 3. The fourth-order valence-electron chi connectivity index (χ4n) is 2.69. The molecular formula is C17H25BrN4O. The number of carbonyl (C=O) groups excluding carboxylic acids is 1. The van der Waals surface area contributed by atoms with E-state index >= 15 is 0 Å². The Morgan fingerprint density at radius 2 is 2.00 bits per heavy atom. The van der Waals surface area contributed by atoms with E-state index in [-0.39, 0.29) is 5.91 Å². The molecule has 23 heavy (non-hydrogen) atoms. The summed E-state index contributed by atoms with van der Waals surface area (Å²) in [5.74, 6) is 0.815. The predicted octanol–water partition coefficient (Wildman–Crippen LogP) is 2.68. The molecule has 0 spiro atoms. The van der Waals surface area contributed by atoms with Crippen LogP contribution in [0.3, 0.4) is 0 Å². The number of halogens is 1. The first-order valence-corrected chi connectivity index (χ1v) is 8.99. The molecule has 126 valence electrons. The Morgan fingerprint density at radius 3 is 2.70 bits per heavy atom. The predicted molar refractivity (Wildman–Crippen MR) is 97.8 cm³/mol. The number of hydrogen-bond donors (Lipinski definition) is 3. The summed E-state index contributed by atoms with van der Waals surface area (Å²) < 4.78 is 0.911. The summed E-state index contributed by atoms with van der Waals surface area (Å²) in [6.45, 7) is 1.42. The summed E-state index contributed by atoms with van der Waals surface area (Å²) in [7, 11) is 1.79. The van der Waals surface area contributed by atoms with Gasteiger partial charge in [0.25, 0.3) is 5.91 Å². The normalized spacial score (nSPS) is 15.5. The van der Waals surface area contributed by atoms with Crippen molar-refractivity contribution >= 4 is 27.8 Å². The van der Waals surface area contributed by atoms with Gasteiger partial charge in [0.1, 0.15) is 0 Å². The Bertz CT molecular complexity index is 541. The van der Waals surface area contributed by atoms with Gasteiger partial charge in [-0.3, -0.25) is 9.79 Å². The van der Waals surface area contributed by atoms with Gasteiger partial charge in [0.2, 0.25) is 0 Å². The van der Waals surface area contributed by atoms with Crippen LogP contribution < -0.4 is 16.0 Å². The Labute approximate surface area is 146 Å². The van der Waals surface area contributed by atoms with E-state index in [1.165, 1.54) is 25.7 Å². The van der Waals surface area contributed by atoms with E-state index < -0.39 is 0 Å². The Balaban J connectivity index is 1.62. The Kier molecular flexibility index (Phi) is 7.39. The standard InChI is InChI=1S/C17H25BrN4O/c1-19-17(22-15-8-2-3-9-15)21-11-5-10-20-16(23)13-6-4-7-14(18)12-13/h4,6-7,12,15H,2-3,5,8-11H2,1H3,(H,20,23)(H2,19,21,22). The zero-order chi connectivity index (χ0) is 16.5. The number of amides is 1. The first-order valence-electron chi connectivity index (χ1n) is 8.20. The van der Waals surface area contributed by atoms with Gasteiger partial charge < -0.3 is 16.0 Å². The van der Waals surface area contributed by atoms with Gasteiger partial charge in [-0.1, -0.05) is 34.8 Å². The molecule has 0 saturated heterocycles. The number of carbonyl (C=O) groups is 1. The highest BCUT2D eigenvalue weighted by molar-refractivity contribution is 9.10. The van der Waals surface area contributed by atoms with Crippen LogP contribution >= 0.6 is 15.9 Å². The molecule has 1 amide bonds. The molecule has 0 unspecified atom stereocenters. The highest BCUT2D eigenvalue weighted by atomic mass is 79.9. The Hall–Kier alpha value is -1.56. The van der Waals surface area contributed by atoms with Gasteiger partial charge >= 0.3 is 0 Å². The van der Waals surface area contributed by atoms with Crippen LogP contribution in [0.5, 0.6) is 0 Å². The molecule has 0 bridgehead atoms. The lowest BCUT2D eigenvalue weighted by atomic mass is 10.2. The lowest BCUT2D eigenvalue weighted by Crippen LogP contribution is -2.43. The number of rotatable bonds is 6. The quantitative estimate of drug-likeness (QED) is 0.403.